The van der Waals surface area contributed by atoms with Crippen molar-refractivity contribution in [2.75, 3.05) is 13.2 Å². The fraction of sp³-hybridized carbons (Fsp3) is 0.292. The minimum atomic E-state index is -1.78. The maximum Gasteiger partial charge on any atom is 0.245 e. The third-order valence-corrected chi connectivity index (χ3v) is 5.02. The Morgan fingerprint density at radius 3 is 2.42 bits per heavy atom. The number of aryl methyl sites for hydroxylation is 1. The molecule has 1 unspecified atom stereocenters. The van der Waals surface area contributed by atoms with Gasteiger partial charge >= 0.3 is 0 Å². The Kier molecular flexibility index (Phi) is 5.82. The molecule has 0 bridgehead atoms. The molecule has 2 aromatic carbocycles. The third-order valence-electron chi connectivity index (χ3n) is 5.02. The van der Waals surface area contributed by atoms with Crippen LogP contribution in [-0.2, 0) is 19.9 Å². The molecule has 3 aromatic rings. The van der Waals surface area contributed by atoms with Crippen molar-refractivity contribution in [3.63, 3.8) is 0 Å². The number of ketones is 1. The van der Waals surface area contributed by atoms with Crippen LogP contribution in [0.25, 0.3) is 11.0 Å². The summed E-state index contributed by atoms with van der Waals surface area (Å²) in [6, 6.07) is 14.7. The molecule has 0 saturated carbocycles. The topological polar surface area (TPSA) is 90.8 Å². The maximum atomic E-state index is 12.9. The van der Waals surface area contributed by atoms with Crippen LogP contribution in [0.2, 0.25) is 0 Å². The van der Waals surface area contributed by atoms with Crippen LogP contribution >= 0.6 is 0 Å². The zero-order valence-electron chi connectivity index (χ0n) is 17.7. The summed E-state index contributed by atoms with van der Waals surface area (Å²) in [6.07, 6.45) is 0.128. The first-order chi connectivity index (χ1) is 15.0. The number of ether oxygens (including phenoxy) is 3. The van der Waals surface area contributed by atoms with Gasteiger partial charge < -0.3 is 19.3 Å². The molecule has 0 radical (unpaired) electrons. The first kappa shape index (κ1) is 21.1. The quantitative estimate of drug-likeness (QED) is 0.463. The minimum Gasteiger partial charge on any atom is -0.438 e. The van der Waals surface area contributed by atoms with E-state index in [9.17, 15) is 9.90 Å². The van der Waals surface area contributed by atoms with Crippen LogP contribution in [0.5, 0.6) is 5.88 Å². The van der Waals surface area contributed by atoms with E-state index in [0.717, 1.165) is 5.56 Å². The molecular formula is C24H24N2O5. The van der Waals surface area contributed by atoms with Gasteiger partial charge in [-0.1, -0.05) is 42.0 Å². The van der Waals surface area contributed by atoms with Gasteiger partial charge in [-0.25, -0.2) is 9.97 Å². The summed E-state index contributed by atoms with van der Waals surface area (Å²) in [6.45, 7) is 6.08. The second-order valence-corrected chi connectivity index (χ2v) is 7.20. The number of benzene rings is 2. The normalized spacial score (nSPS) is 19.1. The Morgan fingerprint density at radius 2 is 1.77 bits per heavy atom. The largest absolute Gasteiger partial charge is 0.438 e. The molecule has 1 aliphatic heterocycles. The van der Waals surface area contributed by atoms with Gasteiger partial charge in [-0.2, -0.15) is 0 Å². The highest BCUT2D eigenvalue weighted by Crippen LogP contribution is 2.46. The van der Waals surface area contributed by atoms with E-state index >= 15 is 0 Å². The molecule has 0 fully saturated rings. The fourth-order valence-corrected chi connectivity index (χ4v) is 3.58. The summed E-state index contributed by atoms with van der Waals surface area (Å²) in [7, 11) is 0. The molecule has 0 saturated heterocycles. The van der Waals surface area contributed by atoms with Gasteiger partial charge in [0.2, 0.25) is 18.0 Å². The van der Waals surface area contributed by atoms with Crippen LogP contribution in [-0.4, -0.2) is 40.4 Å². The van der Waals surface area contributed by atoms with Crippen molar-refractivity contribution in [1.82, 2.24) is 9.97 Å². The number of nitrogens with zero attached hydrogens (tertiary/aromatic N) is 2. The predicted octanol–water partition coefficient (Wildman–Crippen LogP) is 3.42. The van der Waals surface area contributed by atoms with E-state index in [2.05, 4.69) is 9.97 Å². The van der Waals surface area contributed by atoms with Gasteiger partial charge in [0.15, 0.2) is 11.4 Å². The fourth-order valence-electron chi connectivity index (χ4n) is 3.58. The number of aliphatic hydroxyl groups is 1. The minimum absolute atomic E-state index is 0.0119. The van der Waals surface area contributed by atoms with E-state index in [1.165, 1.54) is 6.08 Å². The Bertz CT molecular complexity index is 1150. The summed E-state index contributed by atoms with van der Waals surface area (Å²) in [5.74, 6) is -0.300. The molecular weight excluding hydrogens is 396 g/mol. The van der Waals surface area contributed by atoms with Crippen LogP contribution in [0.1, 0.15) is 30.7 Å². The summed E-state index contributed by atoms with van der Waals surface area (Å²) >= 11 is 0. The van der Waals surface area contributed by atoms with E-state index in [0.29, 0.717) is 29.8 Å². The number of rotatable bonds is 7. The number of carbonyl (C=O) groups excluding carboxylic acids is 1. The highest BCUT2D eigenvalue weighted by Gasteiger charge is 2.49. The Balaban J connectivity index is 1.88. The zero-order chi connectivity index (χ0) is 22.0. The Labute approximate surface area is 180 Å². The van der Waals surface area contributed by atoms with Crippen LogP contribution in [0, 0.1) is 6.92 Å². The Morgan fingerprint density at radius 1 is 1.10 bits per heavy atom. The molecule has 7 nitrogen and oxygen atoms in total. The SMILES string of the molecule is CCOC(OCC)C(=O)/C=C1/Oc2nc3ccccc3nc2C1(O)c1cccc(C)c1. The van der Waals surface area contributed by atoms with Crippen molar-refractivity contribution in [1.29, 1.82) is 0 Å². The third kappa shape index (κ3) is 3.83. The van der Waals surface area contributed by atoms with Crippen molar-refractivity contribution in [3.05, 3.63) is 77.2 Å². The lowest BCUT2D eigenvalue weighted by atomic mass is 9.88. The second-order valence-electron chi connectivity index (χ2n) is 7.20. The molecule has 4 rings (SSSR count). The smallest absolute Gasteiger partial charge is 0.245 e. The zero-order valence-corrected chi connectivity index (χ0v) is 17.7. The highest BCUT2D eigenvalue weighted by atomic mass is 16.7. The maximum absolute atomic E-state index is 12.9. The van der Waals surface area contributed by atoms with E-state index < -0.39 is 17.7 Å². The van der Waals surface area contributed by atoms with Crippen LogP contribution in [0.4, 0.5) is 0 Å². The average molecular weight is 420 g/mol. The lowest BCUT2D eigenvalue weighted by molar-refractivity contribution is -0.163. The van der Waals surface area contributed by atoms with Gasteiger partial charge in [-0.15, -0.1) is 0 Å². The number of fused-ring (bicyclic) bond motifs is 2. The van der Waals surface area contributed by atoms with Gasteiger partial charge in [0, 0.05) is 19.3 Å². The highest BCUT2D eigenvalue weighted by molar-refractivity contribution is 5.93. The summed E-state index contributed by atoms with van der Waals surface area (Å²) < 4.78 is 16.7. The van der Waals surface area contributed by atoms with Gasteiger partial charge in [-0.3, -0.25) is 4.79 Å². The number of aromatic nitrogens is 2. The molecule has 0 amide bonds. The van der Waals surface area contributed by atoms with Gasteiger partial charge in [0.1, 0.15) is 5.69 Å². The standard InChI is InChI=1S/C24H24N2O5/c1-4-29-23(30-5-2)19(27)14-20-24(28,16-10-8-9-15(3)13-16)21-22(31-20)26-18-12-7-6-11-17(18)25-21/h6-14,23,28H,4-5H2,1-3H3/b20-14+. The number of para-hydroxylation sites is 2. The van der Waals surface area contributed by atoms with Gasteiger partial charge in [-0.05, 0) is 38.5 Å². The van der Waals surface area contributed by atoms with E-state index in [1.54, 1.807) is 19.9 Å². The molecule has 7 heteroatoms. The Hall–Kier alpha value is -3.13. The second kappa shape index (κ2) is 8.55. The summed E-state index contributed by atoms with van der Waals surface area (Å²) in [5, 5.41) is 11.9. The van der Waals surface area contributed by atoms with E-state index in [1.807, 2.05) is 49.4 Å². The lowest BCUT2D eigenvalue weighted by Crippen LogP contribution is -2.31. The molecule has 2 heterocycles. The first-order valence-electron chi connectivity index (χ1n) is 10.2. The van der Waals surface area contributed by atoms with E-state index in [4.69, 9.17) is 14.2 Å². The van der Waals surface area contributed by atoms with Crippen LogP contribution < -0.4 is 4.74 Å². The molecule has 1 aromatic heterocycles. The monoisotopic (exact) mass is 420 g/mol. The number of carbonyl (C=O) groups is 1. The molecule has 0 aliphatic carbocycles. The van der Waals surface area contributed by atoms with Crippen molar-refractivity contribution >= 4 is 16.8 Å². The van der Waals surface area contributed by atoms with Crippen LogP contribution in [0.15, 0.2) is 60.4 Å². The average Bonchev–Trinajstić information content (AvgIpc) is 3.03. The molecule has 1 aliphatic rings. The van der Waals surface area contributed by atoms with Crippen molar-refractivity contribution in [3.8, 4) is 5.88 Å². The lowest BCUT2D eigenvalue weighted by Gasteiger charge is -2.23. The van der Waals surface area contributed by atoms with Crippen LogP contribution in [0.3, 0.4) is 0 Å². The molecule has 0 spiro atoms. The van der Waals surface area contributed by atoms with Crippen molar-refractivity contribution in [2.45, 2.75) is 32.7 Å². The first-order valence-corrected chi connectivity index (χ1v) is 10.2. The predicted molar refractivity (Wildman–Crippen MR) is 114 cm³/mol. The molecule has 31 heavy (non-hydrogen) atoms. The summed E-state index contributed by atoms with van der Waals surface area (Å²) in [5.41, 5.74) is 1.17. The van der Waals surface area contributed by atoms with Crippen molar-refractivity contribution in [2.24, 2.45) is 0 Å². The molecule has 160 valence electrons. The number of hydrogen-bond donors (Lipinski definition) is 1. The van der Waals surface area contributed by atoms with Crippen molar-refractivity contribution < 1.29 is 24.1 Å². The summed E-state index contributed by atoms with van der Waals surface area (Å²) in [4.78, 5) is 22.0. The molecule has 1 N–H and O–H groups in total. The van der Waals surface area contributed by atoms with Gasteiger partial charge in [0.25, 0.3) is 0 Å². The number of hydrogen-bond acceptors (Lipinski definition) is 7. The van der Waals surface area contributed by atoms with Gasteiger partial charge in [0.05, 0.1) is 11.0 Å². The van der Waals surface area contributed by atoms with E-state index in [-0.39, 0.29) is 17.3 Å². The molecule has 1 atom stereocenters.